The van der Waals surface area contributed by atoms with Crippen LogP contribution >= 0.6 is 0 Å². The summed E-state index contributed by atoms with van der Waals surface area (Å²) in [6.07, 6.45) is 2.08. The Hall–Kier alpha value is -1.80. The van der Waals surface area contributed by atoms with Crippen molar-refractivity contribution in [2.75, 3.05) is 0 Å². The number of benzene rings is 2. The van der Waals surface area contributed by atoms with Crippen LogP contribution in [0.5, 0.6) is 11.5 Å². The maximum absolute atomic E-state index is 6.11. The average Bonchev–Trinajstić information content (AvgIpc) is 2.40. The third-order valence-electron chi connectivity index (χ3n) is 2.86. The van der Waals surface area contributed by atoms with Crippen LogP contribution in [0.1, 0.15) is 31.4 Å². The number of hydrogen-bond donors (Lipinski definition) is 1. The Morgan fingerprint density at radius 2 is 1.72 bits per heavy atom. The van der Waals surface area contributed by atoms with Crippen molar-refractivity contribution in [3.63, 3.8) is 0 Å². The molecule has 1 atom stereocenters. The zero-order valence-electron chi connectivity index (χ0n) is 10.7. The molecule has 2 rings (SSSR count). The lowest BCUT2D eigenvalue weighted by molar-refractivity contribution is 0.480. The summed E-state index contributed by atoms with van der Waals surface area (Å²) in [5.74, 6) is 1.68. The van der Waals surface area contributed by atoms with Gasteiger partial charge in [-0.05, 0) is 36.2 Å². The van der Waals surface area contributed by atoms with Crippen molar-refractivity contribution in [2.24, 2.45) is 5.73 Å². The molecule has 0 spiro atoms. The summed E-state index contributed by atoms with van der Waals surface area (Å²) in [6, 6.07) is 17.9. The molecule has 2 aromatic carbocycles. The summed E-state index contributed by atoms with van der Waals surface area (Å²) in [5, 5.41) is 0. The lowest BCUT2D eigenvalue weighted by Gasteiger charge is -2.12. The minimum absolute atomic E-state index is 0.0920. The van der Waals surface area contributed by atoms with Gasteiger partial charge in [0.2, 0.25) is 0 Å². The van der Waals surface area contributed by atoms with Crippen molar-refractivity contribution in [1.29, 1.82) is 0 Å². The molecule has 2 N–H and O–H groups in total. The van der Waals surface area contributed by atoms with E-state index in [2.05, 4.69) is 13.0 Å². The van der Waals surface area contributed by atoms with Crippen molar-refractivity contribution in [2.45, 2.75) is 25.8 Å². The summed E-state index contributed by atoms with van der Waals surface area (Å²) < 4.78 is 5.79. The second-order valence-corrected chi connectivity index (χ2v) is 4.38. The van der Waals surface area contributed by atoms with Gasteiger partial charge in [-0.2, -0.15) is 0 Å². The molecule has 0 aromatic heterocycles. The van der Waals surface area contributed by atoms with Gasteiger partial charge in [0, 0.05) is 6.04 Å². The Labute approximate surface area is 108 Å². The molecule has 0 unspecified atom stereocenters. The van der Waals surface area contributed by atoms with Gasteiger partial charge in [0.1, 0.15) is 11.5 Å². The Morgan fingerprint density at radius 1 is 1.00 bits per heavy atom. The Balaban J connectivity index is 2.12. The maximum atomic E-state index is 6.11. The molecule has 0 aliphatic rings. The number of ether oxygens (including phenoxy) is 1. The van der Waals surface area contributed by atoms with E-state index in [9.17, 15) is 0 Å². The summed E-state index contributed by atoms with van der Waals surface area (Å²) in [4.78, 5) is 0. The number of nitrogens with two attached hydrogens (primary N) is 1. The van der Waals surface area contributed by atoms with Crippen molar-refractivity contribution in [3.8, 4) is 11.5 Å². The van der Waals surface area contributed by atoms with Crippen LogP contribution in [0.2, 0.25) is 0 Å². The lowest BCUT2D eigenvalue weighted by Crippen LogP contribution is -2.09. The third kappa shape index (κ3) is 3.34. The molecule has 94 valence electrons. The van der Waals surface area contributed by atoms with Crippen LogP contribution in [0, 0.1) is 0 Å². The van der Waals surface area contributed by atoms with Crippen LogP contribution in [0.4, 0.5) is 0 Å². The van der Waals surface area contributed by atoms with Gasteiger partial charge in [0.15, 0.2) is 0 Å². The molecule has 0 fully saturated rings. The normalized spacial score (nSPS) is 12.1. The highest BCUT2D eigenvalue weighted by molar-refractivity contribution is 5.34. The predicted octanol–water partition coefficient (Wildman–Crippen LogP) is 4.28. The molecule has 0 radical (unpaired) electrons. The van der Waals surface area contributed by atoms with Gasteiger partial charge in [-0.3, -0.25) is 0 Å². The van der Waals surface area contributed by atoms with E-state index in [1.54, 1.807) is 0 Å². The van der Waals surface area contributed by atoms with E-state index in [0.717, 1.165) is 29.9 Å². The molecule has 0 saturated carbocycles. The highest BCUT2D eigenvalue weighted by Crippen LogP contribution is 2.25. The summed E-state index contributed by atoms with van der Waals surface area (Å²) in [6.45, 7) is 2.14. The first-order valence-electron chi connectivity index (χ1n) is 6.38. The standard InChI is InChI=1S/C16H19NO/c1-2-7-16(17)13-8-6-11-15(12-13)18-14-9-4-3-5-10-14/h3-6,8-12,16H,2,7,17H2,1H3/t16-/m1/s1. The monoisotopic (exact) mass is 241 g/mol. The van der Waals surface area contributed by atoms with Crippen LogP contribution < -0.4 is 10.5 Å². The van der Waals surface area contributed by atoms with Crippen LogP contribution in [0.25, 0.3) is 0 Å². The fraction of sp³-hybridized carbons (Fsp3) is 0.250. The highest BCUT2D eigenvalue weighted by Gasteiger charge is 2.06. The number of para-hydroxylation sites is 1. The summed E-state index contributed by atoms with van der Waals surface area (Å²) in [7, 11) is 0. The number of hydrogen-bond acceptors (Lipinski definition) is 2. The van der Waals surface area contributed by atoms with Gasteiger partial charge >= 0.3 is 0 Å². The van der Waals surface area contributed by atoms with E-state index in [0.29, 0.717) is 0 Å². The molecule has 2 aromatic rings. The van der Waals surface area contributed by atoms with E-state index < -0.39 is 0 Å². The summed E-state index contributed by atoms with van der Waals surface area (Å²) >= 11 is 0. The van der Waals surface area contributed by atoms with E-state index in [1.165, 1.54) is 0 Å². The molecule has 0 heterocycles. The van der Waals surface area contributed by atoms with Crippen LogP contribution in [-0.2, 0) is 0 Å². The molecule has 0 saturated heterocycles. The lowest BCUT2D eigenvalue weighted by atomic mass is 10.0. The minimum atomic E-state index is 0.0920. The van der Waals surface area contributed by atoms with Crippen molar-refractivity contribution in [1.82, 2.24) is 0 Å². The molecule has 2 heteroatoms. The predicted molar refractivity (Wildman–Crippen MR) is 74.8 cm³/mol. The Morgan fingerprint density at radius 3 is 2.44 bits per heavy atom. The molecule has 2 nitrogen and oxygen atoms in total. The molecular formula is C16H19NO. The van der Waals surface area contributed by atoms with Gasteiger partial charge in [0.05, 0.1) is 0 Å². The van der Waals surface area contributed by atoms with Crippen LogP contribution in [0.15, 0.2) is 54.6 Å². The Bertz CT molecular complexity index is 481. The topological polar surface area (TPSA) is 35.2 Å². The first kappa shape index (κ1) is 12.7. The van der Waals surface area contributed by atoms with Gasteiger partial charge in [0.25, 0.3) is 0 Å². The van der Waals surface area contributed by atoms with Gasteiger partial charge in [-0.25, -0.2) is 0 Å². The number of rotatable bonds is 5. The first-order valence-corrected chi connectivity index (χ1v) is 6.38. The first-order chi connectivity index (χ1) is 8.79. The van der Waals surface area contributed by atoms with Crippen LogP contribution in [-0.4, -0.2) is 0 Å². The minimum Gasteiger partial charge on any atom is -0.457 e. The van der Waals surface area contributed by atoms with Gasteiger partial charge in [-0.1, -0.05) is 43.7 Å². The van der Waals surface area contributed by atoms with Gasteiger partial charge < -0.3 is 10.5 Å². The van der Waals surface area contributed by atoms with E-state index in [1.807, 2.05) is 48.5 Å². The molecule has 0 amide bonds. The van der Waals surface area contributed by atoms with Crippen molar-refractivity contribution >= 4 is 0 Å². The van der Waals surface area contributed by atoms with Gasteiger partial charge in [-0.15, -0.1) is 0 Å². The quantitative estimate of drug-likeness (QED) is 0.848. The fourth-order valence-electron chi connectivity index (χ4n) is 1.91. The highest BCUT2D eigenvalue weighted by atomic mass is 16.5. The van der Waals surface area contributed by atoms with E-state index in [4.69, 9.17) is 10.5 Å². The second-order valence-electron chi connectivity index (χ2n) is 4.38. The zero-order chi connectivity index (χ0) is 12.8. The zero-order valence-corrected chi connectivity index (χ0v) is 10.7. The molecule has 0 aliphatic carbocycles. The van der Waals surface area contributed by atoms with E-state index in [-0.39, 0.29) is 6.04 Å². The van der Waals surface area contributed by atoms with Crippen LogP contribution in [0.3, 0.4) is 0 Å². The smallest absolute Gasteiger partial charge is 0.127 e. The van der Waals surface area contributed by atoms with Crippen molar-refractivity contribution in [3.05, 3.63) is 60.2 Å². The molecular weight excluding hydrogens is 222 g/mol. The largest absolute Gasteiger partial charge is 0.457 e. The fourth-order valence-corrected chi connectivity index (χ4v) is 1.91. The van der Waals surface area contributed by atoms with Crippen molar-refractivity contribution < 1.29 is 4.74 Å². The SMILES string of the molecule is CCC[C@@H](N)c1cccc(Oc2ccccc2)c1. The summed E-state index contributed by atoms with van der Waals surface area (Å²) in [5.41, 5.74) is 7.24. The Kier molecular flexibility index (Phi) is 4.37. The second kappa shape index (κ2) is 6.22. The third-order valence-corrected chi connectivity index (χ3v) is 2.86. The average molecular weight is 241 g/mol. The maximum Gasteiger partial charge on any atom is 0.127 e. The van der Waals surface area contributed by atoms with E-state index >= 15 is 0 Å². The molecule has 18 heavy (non-hydrogen) atoms. The molecule has 0 aliphatic heterocycles. The molecule has 0 bridgehead atoms.